The van der Waals surface area contributed by atoms with Crippen LogP contribution < -0.4 is 9.47 Å². The van der Waals surface area contributed by atoms with Gasteiger partial charge in [-0.25, -0.2) is 4.79 Å². The minimum absolute atomic E-state index is 0.0318. The zero-order chi connectivity index (χ0) is 16.3. The molecule has 0 aliphatic rings. The van der Waals surface area contributed by atoms with Gasteiger partial charge >= 0.3 is 12.3 Å². The normalized spacial score (nSPS) is 11.1. The summed E-state index contributed by atoms with van der Waals surface area (Å²) in [6.45, 7) is 0. The molecule has 0 bridgehead atoms. The van der Waals surface area contributed by atoms with E-state index in [0.29, 0.717) is 11.1 Å². The van der Waals surface area contributed by atoms with Crippen LogP contribution in [0.4, 0.5) is 13.2 Å². The second-order valence-corrected chi connectivity index (χ2v) is 4.29. The lowest BCUT2D eigenvalue weighted by molar-refractivity contribution is -0.274. The van der Waals surface area contributed by atoms with Gasteiger partial charge in [-0.15, -0.1) is 13.2 Å². The fourth-order valence-electron chi connectivity index (χ4n) is 1.90. The number of methoxy groups -OCH3 is 1. The van der Waals surface area contributed by atoms with E-state index in [4.69, 9.17) is 9.84 Å². The summed E-state index contributed by atoms with van der Waals surface area (Å²) >= 11 is 0. The molecule has 0 saturated carbocycles. The number of halogens is 3. The molecule has 4 nitrogen and oxygen atoms in total. The van der Waals surface area contributed by atoms with Crippen molar-refractivity contribution in [2.45, 2.75) is 6.36 Å². The highest BCUT2D eigenvalue weighted by Crippen LogP contribution is 2.29. The zero-order valence-electron chi connectivity index (χ0n) is 11.3. The lowest BCUT2D eigenvalue weighted by Crippen LogP contribution is -2.16. The van der Waals surface area contributed by atoms with E-state index in [1.54, 1.807) is 6.07 Å². The van der Waals surface area contributed by atoms with Gasteiger partial charge in [0.25, 0.3) is 0 Å². The van der Waals surface area contributed by atoms with Crippen molar-refractivity contribution >= 4 is 5.97 Å². The Labute approximate surface area is 123 Å². The van der Waals surface area contributed by atoms with Crippen molar-refractivity contribution < 1.29 is 32.5 Å². The topological polar surface area (TPSA) is 55.8 Å². The Hall–Kier alpha value is -2.70. The molecule has 0 aliphatic heterocycles. The van der Waals surface area contributed by atoms with E-state index in [0.717, 1.165) is 12.1 Å². The summed E-state index contributed by atoms with van der Waals surface area (Å²) in [5, 5.41) is 9.11. The molecule has 0 fully saturated rings. The Morgan fingerprint density at radius 3 is 2.14 bits per heavy atom. The predicted octanol–water partition coefficient (Wildman–Crippen LogP) is 3.96. The van der Waals surface area contributed by atoms with Crippen LogP contribution in [0.2, 0.25) is 0 Å². The average Bonchev–Trinajstić information content (AvgIpc) is 2.45. The third-order valence-corrected chi connectivity index (χ3v) is 2.85. The van der Waals surface area contributed by atoms with E-state index >= 15 is 0 Å². The summed E-state index contributed by atoms with van der Waals surface area (Å²) in [7, 11) is 1.35. The third kappa shape index (κ3) is 3.69. The molecule has 2 aromatic carbocycles. The van der Waals surface area contributed by atoms with Gasteiger partial charge in [0.05, 0.1) is 7.11 Å². The number of hydrogen-bond acceptors (Lipinski definition) is 3. The van der Waals surface area contributed by atoms with Crippen LogP contribution in [-0.4, -0.2) is 24.5 Å². The fraction of sp³-hybridized carbons (Fsp3) is 0.133. The summed E-state index contributed by atoms with van der Waals surface area (Å²) in [5.74, 6) is -1.30. The van der Waals surface area contributed by atoms with Gasteiger partial charge in [0, 0.05) is 0 Å². The molecule has 2 aromatic rings. The molecular weight excluding hydrogens is 301 g/mol. The maximum atomic E-state index is 12.1. The van der Waals surface area contributed by atoms with Crippen molar-refractivity contribution in [2.24, 2.45) is 0 Å². The van der Waals surface area contributed by atoms with Gasteiger partial charge in [-0.05, 0) is 35.4 Å². The SMILES string of the molecule is COc1ccc(-c2ccc(OC(F)(F)F)cc2)cc1C(=O)O. The van der Waals surface area contributed by atoms with Crippen LogP contribution >= 0.6 is 0 Å². The lowest BCUT2D eigenvalue weighted by atomic mass is 10.0. The Bertz CT molecular complexity index is 678. The molecule has 0 saturated heterocycles. The highest BCUT2D eigenvalue weighted by molar-refractivity contribution is 5.92. The number of alkyl halides is 3. The number of carbonyl (C=O) groups is 1. The Kier molecular flexibility index (Phi) is 4.25. The first-order valence-electron chi connectivity index (χ1n) is 6.07. The van der Waals surface area contributed by atoms with Crippen LogP contribution in [0.25, 0.3) is 11.1 Å². The molecule has 2 rings (SSSR count). The van der Waals surface area contributed by atoms with Gasteiger partial charge in [0.1, 0.15) is 17.1 Å². The van der Waals surface area contributed by atoms with Gasteiger partial charge in [-0.3, -0.25) is 0 Å². The van der Waals surface area contributed by atoms with Crippen molar-refractivity contribution in [3.05, 3.63) is 48.0 Å². The zero-order valence-corrected chi connectivity index (χ0v) is 11.3. The third-order valence-electron chi connectivity index (χ3n) is 2.85. The van der Waals surface area contributed by atoms with E-state index in [1.807, 2.05) is 0 Å². The Balaban J connectivity index is 2.32. The second-order valence-electron chi connectivity index (χ2n) is 4.29. The minimum Gasteiger partial charge on any atom is -0.496 e. The maximum Gasteiger partial charge on any atom is 0.573 e. The van der Waals surface area contributed by atoms with E-state index in [2.05, 4.69) is 4.74 Å². The molecule has 0 spiro atoms. The number of ether oxygens (including phenoxy) is 2. The van der Waals surface area contributed by atoms with Crippen molar-refractivity contribution in [1.82, 2.24) is 0 Å². The molecule has 116 valence electrons. The van der Waals surface area contributed by atoms with E-state index in [1.165, 1.54) is 31.4 Å². The van der Waals surface area contributed by atoms with Crippen LogP contribution in [0.15, 0.2) is 42.5 Å². The predicted molar refractivity (Wildman–Crippen MR) is 72.1 cm³/mol. The smallest absolute Gasteiger partial charge is 0.496 e. The molecule has 0 amide bonds. The van der Waals surface area contributed by atoms with Crippen LogP contribution in [-0.2, 0) is 0 Å². The Morgan fingerprint density at radius 1 is 1.05 bits per heavy atom. The monoisotopic (exact) mass is 312 g/mol. The van der Waals surface area contributed by atoms with Crippen molar-refractivity contribution in [1.29, 1.82) is 0 Å². The van der Waals surface area contributed by atoms with Crippen molar-refractivity contribution in [2.75, 3.05) is 7.11 Å². The summed E-state index contributed by atoms with van der Waals surface area (Å²) in [6, 6.07) is 9.63. The molecule has 0 atom stereocenters. The minimum atomic E-state index is -4.75. The van der Waals surface area contributed by atoms with Gasteiger partial charge in [-0.1, -0.05) is 18.2 Å². The van der Waals surface area contributed by atoms with Crippen LogP contribution in [0.1, 0.15) is 10.4 Å². The summed E-state index contributed by atoms with van der Waals surface area (Å²) in [4.78, 5) is 11.1. The number of carboxylic acid groups (broad SMARTS) is 1. The molecule has 22 heavy (non-hydrogen) atoms. The Morgan fingerprint density at radius 2 is 1.64 bits per heavy atom. The quantitative estimate of drug-likeness (QED) is 0.928. The fourth-order valence-corrected chi connectivity index (χ4v) is 1.90. The summed E-state index contributed by atoms with van der Waals surface area (Å²) in [5.41, 5.74) is 1.06. The van der Waals surface area contributed by atoms with Gasteiger partial charge < -0.3 is 14.6 Å². The molecular formula is C15H11F3O4. The van der Waals surface area contributed by atoms with Gasteiger partial charge in [0.2, 0.25) is 0 Å². The second kappa shape index (κ2) is 5.97. The lowest BCUT2D eigenvalue weighted by Gasteiger charge is -2.10. The molecule has 0 aromatic heterocycles. The first kappa shape index (κ1) is 15.7. The maximum absolute atomic E-state index is 12.1. The highest BCUT2D eigenvalue weighted by Gasteiger charge is 2.30. The number of aromatic carboxylic acids is 1. The van der Waals surface area contributed by atoms with Crippen LogP contribution in [0, 0.1) is 0 Å². The van der Waals surface area contributed by atoms with E-state index in [-0.39, 0.29) is 17.1 Å². The first-order chi connectivity index (χ1) is 10.3. The average molecular weight is 312 g/mol. The summed E-state index contributed by atoms with van der Waals surface area (Å²) < 4.78 is 45.0. The largest absolute Gasteiger partial charge is 0.573 e. The van der Waals surface area contributed by atoms with Crippen molar-refractivity contribution in [3.63, 3.8) is 0 Å². The van der Waals surface area contributed by atoms with Gasteiger partial charge in [-0.2, -0.15) is 0 Å². The number of carboxylic acids is 1. The van der Waals surface area contributed by atoms with E-state index in [9.17, 15) is 18.0 Å². The molecule has 1 N–H and O–H groups in total. The molecule has 0 radical (unpaired) electrons. The van der Waals surface area contributed by atoms with Crippen LogP contribution in [0.3, 0.4) is 0 Å². The number of hydrogen-bond donors (Lipinski definition) is 1. The molecule has 0 aliphatic carbocycles. The molecule has 0 heterocycles. The standard InChI is InChI=1S/C15H11F3O4/c1-21-13-7-4-10(8-12(13)14(19)20)9-2-5-11(6-3-9)22-15(16,17)18/h2-8H,1H3,(H,19,20). The number of benzene rings is 2. The highest BCUT2D eigenvalue weighted by atomic mass is 19.4. The van der Waals surface area contributed by atoms with E-state index < -0.39 is 12.3 Å². The first-order valence-corrected chi connectivity index (χ1v) is 6.07. The molecule has 7 heteroatoms. The molecule has 0 unspecified atom stereocenters. The number of rotatable bonds is 4. The van der Waals surface area contributed by atoms with Crippen molar-refractivity contribution in [3.8, 4) is 22.6 Å². The van der Waals surface area contributed by atoms with Gasteiger partial charge in [0.15, 0.2) is 0 Å². The van der Waals surface area contributed by atoms with Crippen LogP contribution in [0.5, 0.6) is 11.5 Å². The summed E-state index contributed by atoms with van der Waals surface area (Å²) in [6.07, 6.45) is -4.75.